The van der Waals surface area contributed by atoms with Crippen molar-refractivity contribution in [2.45, 2.75) is 77.0 Å². The predicted molar refractivity (Wildman–Crippen MR) is 65.8 cm³/mol. The molecule has 0 aromatic rings. The minimum Gasteiger partial charge on any atom is -0.550 e. The second-order valence-electron chi connectivity index (χ2n) is 4.51. The minimum absolute atomic E-state index is 0. The monoisotopic (exact) mass is 249 g/mol. The molecule has 2 nitrogen and oxygen atoms in total. The third kappa shape index (κ3) is 19.0. The van der Waals surface area contributed by atoms with E-state index in [9.17, 15) is 9.90 Å². The van der Waals surface area contributed by atoms with Gasteiger partial charge < -0.3 is 9.90 Å². The fourth-order valence-electron chi connectivity index (χ4n) is 1.86. The Labute approximate surface area is 129 Å². The van der Waals surface area contributed by atoms with Gasteiger partial charge in [0.25, 0.3) is 0 Å². The van der Waals surface area contributed by atoms with Crippen LogP contribution in [0.3, 0.4) is 0 Å². The summed E-state index contributed by atoms with van der Waals surface area (Å²) in [7, 11) is 0. The van der Waals surface area contributed by atoms with Crippen LogP contribution in [-0.4, -0.2) is 5.97 Å². The van der Waals surface area contributed by atoms with Crippen LogP contribution in [0.15, 0.2) is 0 Å². The summed E-state index contributed by atoms with van der Waals surface area (Å²) in [5, 5.41) is 10.1. The molecule has 0 aliphatic heterocycles. The molecule has 0 aliphatic rings. The van der Waals surface area contributed by atoms with Gasteiger partial charge in [0.15, 0.2) is 0 Å². The molecule has 3 heteroatoms. The zero-order valence-corrected chi connectivity index (χ0v) is 13.5. The summed E-state index contributed by atoms with van der Waals surface area (Å²) in [6.45, 7) is 3.83. The second kappa shape index (κ2) is 16.5. The van der Waals surface area contributed by atoms with E-state index in [0.717, 1.165) is 19.3 Å². The average Bonchev–Trinajstić information content (AvgIpc) is 2.25. The van der Waals surface area contributed by atoms with E-state index in [4.69, 9.17) is 0 Å². The van der Waals surface area contributed by atoms with Crippen LogP contribution >= 0.6 is 0 Å². The van der Waals surface area contributed by atoms with E-state index in [2.05, 4.69) is 6.92 Å². The van der Waals surface area contributed by atoms with Crippen LogP contribution in [0.4, 0.5) is 0 Å². The molecule has 0 N–H and O–H groups in total. The Balaban J connectivity index is 0. The van der Waals surface area contributed by atoms with Gasteiger partial charge in [-0.15, -0.1) is 0 Å². The molecule has 0 saturated heterocycles. The van der Waals surface area contributed by atoms with Gasteiger partial charge in [0.1, 0.15) is 0 Å². The summed E-state index contributed by atoms with van der Waals surface area (Å²) in [4.78, 5) is 10.1. The molecule has 0 bridgehead atoms. The minimum atomic E-state index is -0.912. The quantitative estimate of drug-likeness (QED) is 0.367. The summed E-state index contributed by atoms with van der Waals surface area (Å²) >= 11 is 0. The summed E-state index contributed by atoms with van der Waals surface area (Å²) in [6, 6.07) is 0. The Morgan fingerprint density at radius 3 is 1.47 bits per heavy atom. The van der Waals surface area contributed by atoms with Gasteiger partial charge in [-0.3, -0.25) is 0 Å². The van der Waals surface area contributed by atoms with Crippen LogP contribution in [0, 0.1) is 6.92 Å². The fourth-order valence-corrected chi connectivity index (χ4v) is 1.86. The molecular weight excluding hydrogens is 223 g/mol. The zero-order valence-electron chi connectivity index (χ0n) is 11.5. The first-order valence-electron chi connectivity index (χ1n) is 6.76. The number of hydrogen-bond acceptors (Lipinski definition) is 2. The first-order valence-corrected chi connectivity index (χ1v) is 6.76. The Kier molecular flexibility index (Phi) is 19.2. The topological polar surface area (TPSA) is 40.1 Å². The Morgan fingerprint density at radius 2 is 1.12 bits per heavy atom. The van der Waals surface area contributed by atoms with Gasteiger partial charge in [-0.1, -0.05) is 71.1 Å². The molecule has 0 aliphatic carbocycles. The van der Waals surface area contributed by atoms with E-state index in [-0.39, 0.29) is 36.0 Å². The fraction of sp³-hybridized carbons (Fsp3) is 0.857. The van der Waals surface area contributed by atoms with Gasteiger partial charge in [0.2, 0.25) is 0 Å². The standard InChI is InChI=1S/C14H27O2.Na/c1-2-3-4-5-6-7-8-9-10-11-12-13-14(15)16;/h1-13H2,(H,15,16);/q;+1/p-1. The van der Waals surface area contributed by atoms with Crippen LogP contribution < -0.4 is 34.7 Å². The van der Waals surface area contributed by atoms with E-state index >= 15 is 0 Å². The van der Waals surface area contributed by atoms with Gasteiger partial charge in [-0.05, 0) is 12.8 Å². The van der Waals surface area contributed by atoms with Crippen LogP contribution in [0.2, 0.25) is 0 Å². The number of rotatable bonds is 12. The Bertz CT molecular complexity index is 160. The van der Waals surface area contributed by atoms with Crippen molar-refractivity contribution in [2.75, 3.05) is 0 Å². The second-order valence-corrected chi connectivity index (χ2v) is 4.51. The molecule has 0 heterocycles. The van der Waals surface area contributed by atoms with E-state index in [1.807, 2.05) is 0 Å². The number of carboxylic acids is 1. The number of hydrogen-bond donors (Lipinski definition) is 0. The maximum Gasteiger partial charge on any atom is 1.00 e. The average molecular weight is 249 g/mol. The van der Waals surface area contributed by atoms with Crippen LogP contribution in [0.25, 0.3) is 0 Å². The van der Waals surface area contributed by atoms with Crippen molar-refractivity contribution >= 4 is 5.97 Å². The molecule has 17 heavy (non-hydrogen) atoms. The molecular formula is C14H26NaO2. The summed E-state index contributed by atoms with van der Waals surface area (Å²) in [6.07, 6.45) is 13.5. The van der Waals surface area contributed by atoms with E-state index in [1.165, 1.54) is 51.4 Å². The van der Waals surface area contributed by atoms with Crippen LogP contribution in [-0.2, 0) is 4.79 Å². The first-order chi connectivity index (χ1) is 7.77. The number of carbonyl (C=O) groups excluding carboxylic acids is 1. The molecule has 0 atom stereocenters. The van der Waals surface area contributed by atoms with Crippen molar-refractivity contribution in [1.29, 1.82) is 0 Å². The largest absolute Gasteiger partial charge is 1.00 e. The predicted octanol–water partition coefficient (Wildman–Crippen LogP) is 0.256. The maximum absolute atomic E-state index is 10.1. The Morgan fingerprint density at radius 1 is 0.765 bits per heavy atom. The molecule has 0 fully saturated rings. The van der Waals surface area contributed by atoms with Gasteiger partial charge in [-0.25, -0.2) is 0 Å². The van der Waals surface area contributed by atoms with E-state index in [1.54, 1.807) is 0 Å². The van der Waals surface area contributed by atoms with Crippen molar-refractivity contribution in [3.8, 4) is 0 Å². The molecule has 95 valence electrons. The van der Waals surface area contributed by atoms with Crippen molar-refractivity contribution in [3.05, 3.63) is 6.92 Å². The number of aliphatic carboxylic acids is 1. The van der Waals surface area contributed by atoms with Gasteiger partial charge in [0, 0.05) is 5.97 Å². The third-order valence-electron chi connectivity index (χ3n) is 2.88. The summed E-state index contributed by atoms with van der Waals surface area (Å²) in [5.41, 5.74) is 0. The third-order valence-corrected chi connectivity index (χ3v) is 2.88. The molecule has 0 saturated carbocycles. The summed E-state index contributed by atoms with van der Waals surface area (Å²) in [5.74, 6) is -0.912. The molecule has 0 aromatic heterocycles. The molecule has 0 amide bonds. The van der Waals surface area contributed by atoms with Gasteiger partial charge in [0.05, 0.1) is 0 Å². The number of carboxylic acid groups (broad SMARTS) is 1. The smallest absolute Gasteiger partial charge is 0.550 e. The van der Waals surface area contributed by atoms with E-state index < -0.39 is 5.97 Å². The van der Waals surface area contributed by atoms with Crippen molar-refractivity contribution in [3.63, 3.8) is 0 Å². The maximum atomic E-state index is 10.1. The number of carbonyl (C=O) groups is 1. The Hall–Kier alpha value is 0.470. The normalized spacial score (nSPS) is 9.94. The number of unbranched alkanes of at least 4 members (excludes halogenated alkanes) is 10. The van der Waals surface area contributed by atoms with Crippen molar-refractivity contribution < 1.29 is 39.5 Å². The molecule has 0 unspecified atom stereocenters. The molecule has 1 radical (unpaired) electrons. The van der Waals surface area contributed by atoms with Gasteiger partial charge >= 0.3 is 29.6 Å². The molecule has 0 spiro atoms. The SMILES string of the molecule is [CH2]CCCCCCCCCCCCC(=O)[O-].[Na+]. The van der Waals surface area contributed by atoms with Crippen LogP contribution in [0.1, 0.15) is 77.0 Å². The van der Waals surface area contributed by atoms with Crippen LogP contribution in [0.5, 0.6) is 0 Å². The first kappa shape index (κ1) is 19.8. The van der Waals surface area contributed by atoms with Crippen molar-refractivity contribution in [1.82, 2.24) is 0 Å². The molecule has 0 aromatic carbocycles. The summed E-state index contributed by atoms with van der Waals surface area (Å²) < 4.78 is 0. The molecule has 0 rings (SSSR count). The van der Waals surface area contributed by atoms with E-state index in [0.29, 0.717) is 0 Å². The van der Waals surface area contributed by atoms with Gasteiger partial charge in [-0.2, -0.15) is 0 Å². The zero-order chi connectivity index (χ0) is 12.1. The van der Waals surface area contributed by atoms with Crippen molar-refractivity contribution in [2.24, 2.45) is 0 Å².